The lowest BCUT2D eigenvalue weighted by atomic mass is 10.4. The summed E-state index contributed by atoms with van der Waals surface area (Å²) in [7, 11) is 1.84. The third kappa shape index (κ3) is 2.02. The van der Waals surface area contributed by atoms with Crippen LogP contribution in [-0.2, 0) is 18.3 Å². The van der Waals surface area contributed by atoms with E-state index < -0.39 is 5.97 Å². The van der Waals surface area contributed by atoms with Crippen molar-refractivity contribution in [1.82, 2.24) is 4.98 Å². The number of aryl methyl sites for hydroxylation is 1. The molecule has 0 saturated carbocycles. The van der Waals surface area contributed by atoms with Gasteiger partial charge in [0.1, 0.15) is 0 Å². The Morgan fingerprint density at radius 3 is 2.79 bits per heavy atom. The zero-order chi connectivity index (χ0) is 10.7. The second-order valence-electron chi connectivity index (χ2n) is 3.16. The molecule has 0 saturated heterocycles. The number of carbonyl (C=O) groups excluding carboxylic acids is 1. The lowest BCUT2D eigenvalue weighted by Gasteiger charge is -1.99. The molecule has 0 amide bonds. The average molecular weight is 195 g/mol. The number of carbonyl (C=O) groups is 1. The molecule has 0 bridgehead atoms. The van der Waals surface area contributed by atoms with Crippen molar-refractivity contribution in [3.05, 3.63) is 24.2 Å². The summed E-state index contributed by atoms with van der Waals surface area (Å²) in [6, 6.07) is 0. The number of H-pyrrole nitrogens is 1. The van der Waals surface area contributed by atoms with Crippen LogP contribution in [0, 0.1) is 0 Å². The third-order valence-electron chi connectivity index (χ3n) is 1.98. The van der Waals surface area contributed by atoms with Crippen molar-refractivity contribution in [2.45, 2.75) is 20.3 Å². The highest BCUT2D eigenvalue weighted by atomic mass is 16.5. The van der Waals surface area contributed by atoms with E-state index in [9.17, 15) is 4.79 Å². The van der Waals surface area contributed by atoms with E-state index in [4.69, 9.17) is 4.74 Å². The minimum atomic E-state index is -0.401. The molecule has 1 aromatic heterocycles. The summed E-state index contributed by atoms with van der Waals surface area (Å²) in [6.07, 6.45) is 2.53. The number of nitrogens with one attached hydrogen (secondary N) is 1. The average Bonchev–Trinajstić information content (AvgIpc) is 2.47. The number of aromatic nitrogens is 2. The Bertz CT molecular complexity index is 366. The Morgan fingerprint density at radius 2 is 2.36 bits per heavy atom. The van der Waals surface area contributed by atoms with Gasteiger partial charge in [-0.15, -0.1) is 0 Å². The molecule has 1 aromatic rings. The zero-order valence-corrected chi connectivity index (χ0v) is 8.76. The number of hydrogen-bond acceptors (Lipinski definition) is 2. The molecule has 1 heterocycles. The summed E-state index contributed by atoms with van der Waals surface area (Å²) < 4.78 is 6.89. The minimum Gasteiger partial charge on any atom is -0.383 e. The number of nitrogens with zero attached hydrogens (tertiary/aromatic N) is 1. The van der Waals surface area contributed by atoms with Gasteiger partial charge in [0.25, 0.3) is 5.82 Å². The lowest BCUT2D eigenvalue weighted by Crippen LogP contribution is -2.34. The smallest absolute Gasteiger partial charge is 0.341 e. The number of imidazole rings is 1. The van der Waals surface area contributed by atoms with Gasteiger partial charge in [-0.25, -0.2) is 9.78 Å². The Balaban J connectivity index is 2.82. The number of rotatable bonds is 3. The van der Waals surface area contributed by atoms with Crippen LogP contribution in [0.25, 0.3) is 0 Å². The number of hydrogen-bond donors (Lipinski definition) is 1. The SMILES string of the molecule is C=C(C)C(=O)Oc1c[nH]c(CC)[n+]1C. The highest BCUT2D eigenvalue weighted by Gasteiger charge is 2.16. The highest BCUT2D eigenvalue weighted by molar-refractivity contribution is 5.88. The van der Waals surface area contributed by atoms with Gasteiger partial charge in [-0.2, -0.15) is 4.57 Å². The molecule has 1 rings (SSSR count). The van der Waals surface area contributed by atoms with Crippen molar-refractivity contribution in [2.75, 3.05) is 0 Å². The maximum absolute atomic E-state index is 11.2. The second kappa shape index (κ2) is 4.09. The van der Waals surface area contributed by atoms with Crippen molar-refractivity contribution in [3.8, 4) is 5.88 Å². The van der Waals surface area contributed by atoms with Gasteiger partial charge in [-0.1, -0.05) is 13.5 Å². The summed E-state index contributed by atoms with van der Waals surface area (Å²) in [5.41, 5.74) is 0.393. The first-order valence-corrected chi connectivity index (χ1v) is 4.50. The maximum Gasteiger partial charge on any atom is 0.341 e. The van der Waals surface area contributed by atoms with E-state index in [0.29, 0.717) is 11.5 Å². The van der Waals surface area contributed by atoms with Gasteiger partial charge in [0.15, 0.2) is 6.20 Å². The monoisotopic (exact) mass is 195 g/mol. The summed E-state index contributed by atoms with van der Waals surface area (Å²) >= 11 is 0. The van der Waals surface area contributed by atoms with Crippen LogP contribution in [0.1, 0.15) is 19.7 Å². The van der Waals surface area contributed by atoms with E-state index in [1.165, 1.54) is 0 Å². The Morgan fingerprint density at radius 1 is 1.71 bits per heavy atom. The predicted molar refractivity (Wildman–Crippen MR) is 51.8 cm³/mol. The molecule has 0 radical (unpaired) electrons. The number of aromatic amines is 1. The van der Waals surface area contributed by atoms with E-state index in [2.05, 4.69) is 11.6 Å². The fourth-order valence-electron chi connectivity index (χ4n) is 1.09. The first kappa shape index (κ1) is 10.5. The van der Waals surface area contributed by atoms with E-state index >= 15 is 0 Å². The highest BCUT2D eigenvalue weighted by Crippen LogP contribution is 2.05. The van der Waals surface area contributed by atoms with Crippen molar-refractivity contribution in [3.63, 3.8) is 0 Å². The molecule has 0 unspecified atom stereocenters. The fourth-order valence-corrected chi connectivity index (χ4v) is 1.09. The van der Waals surface area contributed by atoms with Crippen LogP contribution >= 0.6 is 0 Å². The van der Waals surface area contributed by atoms with Crippen molar-refractivity contribution < 1.29 is 14.1 Å². The maximum atomic E-state index is 11.2. The molecule has 76 valence electrons. The summed E-state index contributed by atoms with van der Waals surface area (Å²) in [5, 5.41) is 0. The summed E-state index contributed by atoms with van der Waals surface area (Å²) in [5.74, 6) is 1.12. The van der Waals surface area contributed by atoms with Crippen LogP contribution in [-0.4, -0.2) is 11.0 Å². The van der Waals surface area contributed by atoms with E-state index in [0.717, 1.165) is 12.2 Å². The zero-order valence-electron chi connectivity index (χ0n) is 8.76. The van der Waals surface area contributed by atoms with Gasteiger partial charge in [0.05, 0.1) is 7.05 Å². The molecule has 14 heavy (non-hydrogen) atoms. The Kier molecular flexibility index (Phi) is 3.06. The second-order valence-corrected chi connectivity index (χ2v) is 3.16. The molecule has 0 aliphatic carbocycles. The van der Waals surface area contributed by atoms with Crippen LogP contribution in [0.3, 0.4) is 0 Å². The van der Waals surface area contributed by atoms with Crippen LogP contribution < -0.4 is 9.30 Å². The van der Waals surface area contributed by atoms with E-state index in [-0.39, 0.29) is 0 Å². The molecule has 4 heteroatoms. The van der Waals surface area contributed by atoms with Gasteiger partial charge < -0.3 is 4.74 Å². The topological polar surface area (TPSA) is 46.0 Å². The predicted octanol–water partition coefficient (Wildman–Crippen LogP) is 0.883. The molecule has 0 aromatic carbocycles. The molecular weight excluding hydrogens is 180 g/mol. The first-order valence-electron chi connectivity index (χ1n) is 4.50. The first-order chi connectivity index (χ1) is 6.56. The third-order valence-corrected chi connectivity index (χ3v) is 1.98. The molecule has 0 aliphatic rings. The van der Waals surface area contributed by atoms with E-state index in [1.54, 1.807) is 17.7 Å². The molecular formula is C10H15N2O2+. The molecule has 0 spiro atoms. The molecule has 4 nitrogen and oxygen atoms in total. The Hall–Kier alpha value is -1.58. The molecule has 0 aliphatic heterocycles. The quantitative estimate of drug-likeness (QED) is 0.442. The molecule has 1 N–H and O–H groups in total. The largest absolute Gasteiger partial charge is 0.383 e. The lowest BCUT2D eigenvalue weighted by molar-refractivity contribution is -0.681. The Labute approximate surface area is 83.2 Å². The van der Waals surface area contributed by atoms with Crippen molar-refractivity contribution in [1.29, 1.82) is 0 Å². The van der Waals surface area contributed by atoms with E-state index in [1.807, 2.05) is 14.0 Å². The van der Waals surface area contributed by atoms with Crippen LogP contribution in [0.5, 0.6) is 5.88 Å². The van der Waals surface area contributed by atoms with Crippen molar-refractivity contribution >= 4 is 5.97 Å². The van der Waals surface area contributed by atoms with Crippen LogP contribution in [0.4, 0.5) is 0 Å². The van der Waals surface area contributed by atoms with Crippen LogP contribution in [0.2, 0.25) is 0 Å². The molecule has 0 fully saturated rings. The van der Waals surface area contributed by atoms with Gasteiger partial charge in [0, 0.05) is 12.0 Å². The van der Waals surface area contributed by atoms with Gasteiger partial charge >= 0.3 is 11.8 Å². The van der Waals surface area contributed by atoms with Gasteiger partial charge in [0.2, 0.25) is 0 Å². The van der Waals surface area contributed by atoms with Crippen molar-refractivity contribution in [2.24, 2.45) is 7.05 Å². The fraction of sp³-hybridized carbons (Fsp3) is 0.400. The van der Waals surface area contributed by atoms with Gasteiger partial charge in [-0.3, -0.25) is 0 Å². The number of esters is 1. The summed E-state index contributed by atoms with van der Waals surface area (Å²) in [4.78, 5) is 14.2. The minimum absolute atomic E-state index is 0.393. The standard InChI is InChI=1S/C10H14N2O2/c1-5-8-11-6-9(12(8)4)14-10(13)7(2)3/h6H,2,5H2,1,3-4H3/p+1. The van der Waals surface area contributed by atoms with Gasteiger partial charge in [-0.05, 0) is 6.92 Å². The summed E-state index contributed by atoms with van der Waals surface area (Å²) in [6.45, 7) is 7.16. The molecule has 0 atom stereocenters. The normalized spacial score (nSPS) is 9.93. The van der Waals surface area contributed by atoms with Crippen LogP contribution in [0.15, 0.2) is 18.3 Å². The number of ether oxygens (including phenoxy) is 1.